The molecule has 1 unspecified atom stereocenters. The van der Waals surface area contributed by atoms with Gasteiger partial charge in [0.15, 0.2) is 0 Å². The van der Waals surface area contributed by atoms with Gasteiger partial charge in [0.2, 0.25) is 0 Å². The molecule has 0 rings (SSSR count). The van der Waals surface area contributed by atoms with Crippen molar-refractivity contribution in [1.82, 2.24) is 4.90 Å². The minimum Gasteiger partial charge on any atom is -0.389 e. The van der Waals surface area contributed by atoms with Crippen molar-refractivity contribution in [3.8, 4) is 0 Å². The van der Waals surface area contributed by atoms with Crippen molar-refractivity contribution in [1.29, 1.82) is 0 Å². The molecule has 0 heterocycles. The fraction of sp³-hybridized carbons (Fsp3) is 1.00. The summed E-state index contributed by atoms with van der Waals surface area (Å²) < 4.78 is 5.14. The Balaban J connectivity index is 4.40. The Labute approximate surface area is 101 Å². The Kier molecular flexibility index (Phi) is 7.98. The van der Waals surface area contributed by atoms with E-state index >= 15 is 0 Å². The molecular formula is C13H29NO2. The van der Waals surface area contributed by atoms with Crippen LogP contribution in [0.5, 0.6) is 0 Å². The van der Waals surface area contributed by atoms with Crippen molar-refractivity contribution >= 4 is 0 Å². The fourth-order valence-corrected chi connectivity index (χ4v) is 1.95. The Morgan fingerprint density at radius 3 is 2.19 bits per heavy atom. The quantitative estimate of drug-likeness (QED) is 0.661. The lowest BCUT2D eigenvalue weighted by molar-refractivity contribution is -0.00604. The summed E-state index contributed by atoms with van der Waals surface area (Å²) in [6.45, 7) is 10.7. The van der Waals surface area contributed by atoms with Crippen molar-refractivity contribution in [3.05, 3.63) is 0 Å². The lowest BCUT2D eigenvalue weighted by Gasteiger charge is -2.36. The number of hydrogen-bond acceptors (Lipinski definition) is 3. The standard InChI is InChI=1S/C13H29NO2/c1-6-12(7-2)14(9-10-16-5)11-13(4,15)8-3/h12,15H,6-11H2,1-5H3. The molecule has 0 aromatic rings. The number of rotatable bonds is 9. The molecule has 0 saturated heterocycles. The lowest BCUT2D eigenvalue weighted by atomic mass is 10.0. The first kappa shape index (κ1) is 15.9. The summed E-state index contributed by atoms with van der Waals surface area (Å²) in [5, 5.41) is 10.2. The zero-order chi connectivity index (χ0) is 12.6. The van der Waals surface area contributed by atoms with E-state index in [-0.39, 0.29) is 0 Å². The van der Waals surface area contributed by atoms with Gasteiger partial charge in [-0.1, -0.05) is 20.8 Å². The van der Waals surface area contributed by atoms with E-state index in [1.165, 1.54) is 0 Å². The van der Waals surface area contributed by atoms with E-state index in [1.54, 1.807) is 7.11 Å². The van der Waals surface area contributed by atoms with E-state index in [0.717, 1.165) is 39.0 Å². The molecule has 0 aliphatic heterocycles. The Morgan fingerprint density at radius 1 is 1.25 bits per heavy atom. The van der Waals surface area contributed by atoms with E-state index < -0.39 is 5.60 Å². The van der Waals surface area contributed by atoms with E-state index in [0.29, 0.717) is 6.04 Å². The summed E-state index contributed by atoms with van der Waals surface area (Å²) in [4.78, 5) is 2.35. The number of methoxy groups -OCH3 is 1. The molecule has 0 aliphatic carbocycles. The van der Waals surface area contributed by atoms with Crippen molar-refractivity contribution < 1.29 is 9.84 Å². The first-order valence-corrected chi connectivity index (χ1v) is 6.46. The molecule has 3 nitrogen and oxygen atoms in total. The second-order valence-electron chi connectivity index (χ2n) is 4.78. The van der Waals surface area contributed by atoms with Gasteiger partial charge >= 0.3 is 0 Å². The lowest BCUT2D eigenvalue weighted by Crippen LogP contribution is -2.46. The summed E-state index contributed by atoms with van der Waals surface area (Å²) in [5.41, 5.74) is -0.587. The fourth-order valence-electron chi connectivity index (χ4n) is 1.95. The van der Waals surface area contributed by atoms with E-state index in [4.69, 9.17) is 4.74 Å². The predicted molar refractivity (Wildman–Crippen MR) is 68.7 cm³/mol. The molecule has 1 atom stereocenters. The zero-order valence-corrected chi connectivity index (χ0v) is 11.6. The summed E-state index contributed by atoms with van der Waals surface area (Å²) in [6.07, 6.45) is 3.04. The molecule has 0 aromatic heterocycles. The van der Waals surface area contributed by atoms with Crippen LogP contribution in [0.1, 0.15) is 47.0 Å². The van der Waals surface area contributed by atoms with Crippen LogP contribution in [-0.4, -0.2) is 48.5 Å². The predicted octanol–water partition coefficient (Wildman–Crippen LogP) is 2.28. The van der Waals surface area contributed by atoms with Crippen LogP contribution in [0.15, 0.2) is 0 Å². The molecule has 98 valence electrons. The van der Waals surface area contributed by atoms with Crippen molar-refractivity contribution in [3.63, 3.8) is 0 Å². The zero-order valence-electron chi connectivity index (χ0n) is 11.6. The third kappa shape index (κ3) is 5.83. The second-order valence-corrected chi connectivity index (χ2v) is 4.78. The van der Waals surface area contributed by atoms with Gasteiger partial charge in [0.05, 0.1) is 12.2 Å². The van der Waals surface area contributed by atoms with Crippen LogP contribution >= 0.6 is 0 Å². The normalized spacial score (nSPS) is 15.8. The van der Waals surface area contributed by atoms with Gasteiger partial charge in [-0.2, -0.15) is 0 Å². The van der Waals surface area contributed by atoms with Crippen LogP contribution in [0.25, 0.3) is 0 Å². The summed E-state index contributed by atoms with van der Waals surface area (Å²) in [5.74, 6) is 0. The summed E-state index contributed by atoms with van der Waals surface area (Å²) in [6, 6.07) is 0.549. The highest BCUT2D eigenvalue weighted by Gasteiger charge is 2.25. The molecule has 0 aromatic carbocycles. The topological polar surface area (TPSA) is 32.7 Å². The first-order valence-electron chi connectivity index (χ1n) is 6.46. The molecule has 0 amide bonds. The maximum Gasteiger partial charge on any atom is 0.0743 e. The monoisotopic (exact) mass is 231 g/mol. The van der Waals surface area contributed by atoms with Crippen molar-refractivity contribution in [2.75, 3.05) is 26.8 Å². The van der Waals surface area contributed by atoms with Crippen LogP contribution in [0.2, 0.25) is 0 Å². The maximum atomic E-state index is 10.2. The molecular weight excluding hydrogens is 202 g/mol. The average Bonchev–Trinajstić information content (AvgIpc) is 2.27. The molecule has 0 spiro atoms. The van der Waals surface area contributed by atoms with Crippen LogP contribution in [0.3, 0.4) is 0 Å². The summed E-state index contributed by atoms with van der Waals surface area (Å²) in [7, 11) is 1.73. The van der Waals surface area contributed by atoms with Crippen LogP contribution < -0.4 is 0 Å². The largest absolute Gasteiger partial charge is 0.389 e. The van der Waals surface area contributed by atoms with Gasteiger partial charge in [-0.05, 0) is 26.2 Å². The molecule has 0 aliphatic rings. The third-order valence-corrected chi connectivity index (χ3v) is 3.35. The number of ether oxygens (including phenoxy) is 1. The highest BCUT2D eigenvalue weighted by molar-refractivity contribution is 4.79. The SMILES string of the molecule is CCC(CC)N(CCOC)CC(C)(O)CC. The molecule has 0 bridgehead atoms. The van der Waals surface area contributed by atoms with Gasteiger partial charge in [0.1, 0.15) is 0 Å². The number of aliphatic hydroxyl groups is 1. The third-order valence-electron chi connectivity index (χ3n) is 3.35. The van der Waals surface area contributed by atoms with Crippen molar-refractivity contribution in [2.24, 2.45) is 0 Å². The highest BCUT2D eigenvalue weighted by atomic mass is 16.5. The van der Waals surface area contributed by atoms with Gasteiger partial charge in [-0.3, -0.25) is 4.90 Å². The van der Waals surface area contributed by atoms with Gasteiger partial charge in [-0.15, -0.1) is 0 Å². The molecule has 1 N–H and O–H groups in total. The van der Waals surface area contributed by atoms with Gasteiger partial charge in [0.25, 0.3) is 0 Å². The van der Waals surface area contributed by atoms with E-state index in [9.17, 15) is 5.11 Å². The number of nitrogens with zero attached hydrogens (tertiary/aromatic N) is 1. The van der Waals surface area contributed by atoms with Gasteiger partial charge < -0.3 is 9.84 Å². The van der Waals surface area contributed by atoms with Crippen molar-refractivity contribution in [2.45, 2.75) is 58.6 Å². The molecule has 3 heteroatoms. The van der Waals surface area contributed by atoms with E-state index in [1.807, 2.05) is 13.8 Å². The molecule has 16 heavy (non-hydrogen) atoms. The number of hydrogen-bond donors (Lipinski definition) is 1. The Bertz CT molecular complexity index is 167. The van der Waals surface area contributed by atoms with Gasteiger partial charge in [0, 0.05) is 26.2 Å². The maximum absolute atomic E-state index is 10.2. The molecule has 0 radical (unpaired) electrons. The van der Waals surface area contributed by atoms with Gasteiger partial charge in [-0.25, -0.2) is 0 Å². The highest BCUT2D eigenvalue weighted by Crippen LogP contribution is 2.16. The van der Waals surface area contributed by atoms with E-state index in [2.05, 4.69) is 18.7 Å². The Morgan fingerprint density at radius 2 is 1.81 bits per heavy atom. The second kappa shape index (κ2) is 8.04. The smallest absolute Gasteiger partial charge is 0.0743 e. The minimum atomic E-state index is -0.587. The molecule has 0 saturated carbocycles. The molecule has 0 fully saturated rings. The minimum absolute atomic E-state index is 0.549. The first-order chi connectivity index (χ1) is 7.50. The average molecular weight is 231 g/mol. The van der Waals surface area contributed by atoms with Crippen LogP contribution in [0, 0.1) is 0 Å². The summed E-state index contributed by atoms with van der Waals surface area (Å²) >= 11 is 0. The van der Waals surface area contributed by atoms with Crippen LogP contribution in [-0.2, 0) is 4.74 Å². The van der Waals surface area contributed by atoms with Crippen LogP contribution in [0.4, 0.5) is 0 Å². The Hall–Kier alpha value is -0.120.